The Balaban J connectivity index is 1.70. The number of aromatic amines is 1. The number of aromatic hydroxyl groups is 1. The van der Waals surface area contributed by atoms with E-state index in [0.717, 1.165) is 16.7 Å². The summed E-state index contributed by atoms with van der Waals surface area (Å²) in [6.45, 7) is 2.32. The van der Waals surface area contributed by atoms with Gasteiger partial charge in [0, 0.05) is 60.7 Å². The number of nitrogens with zero attached hydrogens (tertiary/aromatic N) is 1. The number of rotatable bonds is 7. The number of hydrogen-bond donors (Lipinski definition) is 11. The zero-order chi connectivity index (χ0) is 46.3. The molecule has 7 amide bonds. The lowest BCUT2D eigenvalue weighted by molar-refractivity contribution is -0.145. The van der Waals surface area contributed by atoms with Crippen LogP contribution in [0.25, 0.3) is 10.9 Å². The number of fused-ring (bicyclic) bond motifs is 5. The van der Waals surface area contributed by atoms with Crippen LogP contribution in [0.3, 0.4) is 0 Å². The molecule has 0 saturated carbocycles. The van der Waals surface area contributed by atoms with Gasteiger partial charge in [0.25, 0.3) is 0 Å². The molecule has 3 aliphatic heterocycles. The fraction of sp³-hybridized carbons (Fsp3) is 0.585. The third-order valence-corrected chi connectivity index (χ3v) is 13.1. The van der Waals surface area contributed by atoms with Crippen LogP contribution in [0.4, 0.5) is 0 Å². The Morgan fingerprint density at radius 1 is 0.905 bits per heavy atom. The second kappa shape index (κ2) is 21.2. The minimum absolute atomic E-state index is 0.152. The molecule has 3 aliphatic rings. The highest BCUT2D eigenvalue weighted by Gasteiger charge is 2.45. The van der Waals surface area contributed by atoms with Gasteiger partial charge in [-0.1, -0.05) is 27.2 Å². The van der Waals surface area contributed by atoms with Gasteiger partial charge < -0.3 is 62.6 Å². The number of carbonyl (C=O) groups excluding carboxylic acids is 9. The lowest BCUT2D eigenvalue weighted by Gasteiger charge is -2.32. The molecule has 22 heteroatoms. The molecule has 10 atom stereocenters. The van der Waals surface area contributed by atoms with E-state index in [1.54, 1.807) is 19.9 Å². The molecule has 1 aromatic carbocycles. The van der Waals surface area contributed by atoms with Gasteiger partial charge in [0.1, 0.15) is 17.8 Å². The number of nitrogens with two attached hydrogens (primary N) is 1. The van der Waals surface area contributed by atoms with Gasteiger partial charge in [0.2, 0.25) is 41.4 Å². The second-order valence-corrected chi connectivity index (χ2v) is 17.6. The molecule has 63 heavy (non-hydrogen) atoms. The molecule has 4 heterocycles. The lowest BCUT2D eigenvalue weighted by atomic mass is 9.85. The van der Waals surface area contributed by atoms with Gasteiger partial charge in [-0.05, 0) is 36.1 Å². The van der Waals surface area contributed by atoms with Crippen molar-refractivity contribution >= 4 is 75.6 Å². The summed E-state index contributed by atoms with van der Waals surface area (Å²) in [4.78, 5) is 128. The Kier molecular flexibility index (Phi) is 16.3. The van der Waals surface area contributed by atoms with Crippen molar-refractivity contribution in [3.05, 3.63) is 23.8 Å². The number of ketones is 2. The number of hydrogen-bond acceptors (Lipinski definition) is 14. The van der Waals surface area contributed by atoms with Gasteiger partial charge in [-0.15, -0.1) is 11.8 Å². The van der Waals surface area contributed by atoms with Crippen molar-refractivity contribution in [3.63, 3.8) is 0 Å². The minimum atomic E-state index is -1.60. The Morgan fingerprint density at radius 3 is 2.25 bits per heavy atom. The van der Waals surface area contributed by atoms with Crippen LogP contribution in [-0.2, 0) is 49.6 Å². The summed E-state index contributed by atoms with van der Waals surface area (Å²) < 4.78 is 0. The summed E-state index contributed by atoms with van der Waals surface area (Å²) in [5, 5.41) is 55.5. The van der Waals surface area contributed by atoms with Crippen LogP contribution in [0.1, 0.15) is 58.4 Å². The third kappa shape index (κ3) is 11.9. The highest BCUT2D eigenvalue weighted by Crippen LogP contribution is 2.35. The maximum Gasteiger partial charge on any atom is 0.243 e. The van der Waals surface area contributed by atoms with Crippen molar-refractivity contribution in [1.29, 1.82) is 0 Å². The molecule has 2 bridgehead atoms. The molecular weight excluding hydrogens is 845 g/mol. The van der Waals surface area contributed by atoms with Crippen LogP contribution < -0.4 is 32.3 Å². The molecule has 2 aromatic rings. The first-order valence-electron chi connectivity index (χ1n) is 20.8. The molecule has 5 rings (SSSR count). The van der Waals surface area contributed by atoms with Crippen LogP contribution in [0.2, 0.25) is 0 Å². The Hall–Kier alpha value is -5.58. The molecule has 12 N–H and O–H groups in total. The predicted molar refractivity (Wildman–Crippen MR) is 224 cm³/mol. The number of benzene rings is 1. The van der Waals surface area contributed by atoms with Crippen molar-refractivity contribution in [3.8, 4) is 5.75 Å². The van der Waals surface area contributed by atoms with Crippen molar-refractivity contribution in [2.24, 2.45) is 29.4 Å². The lowest BCUT2D eigenvalue weighted by Crippen LogP contribution is -2.56. The summed E-state index contributed by atoms with van der Waals surface area (Å²) >= 11 is 1.02. The molecule has 3 unspecified atom stereocenters. The number of carbonyl (C=O) groups is 9. The smallest absolute Gasteiger partial charge is 0.243 e. The molecule has 0 aliphatic carbocycles. The van der Waals surface area contributed by atoms with Crippen molar-refractivity contribution in [1.82, 2.24) is 36.5 Å². The van der Waals surface area contributed by atoms with E-state index < -0.39 is 158 Å². The zero-order valence-corrected chi connectivity index (χ0v) is 36.0. The van der Waals surface area contributed by atoms with Crippen molar-refractivity contribution in [2.45, 2.75) is 101 Å². The Labute approximate surface area is 366 Å². The first kappa shape index (κ1) is 48.5. The monoisotopic (exact) mass is 900 g/mol. The average Bonchev–Trinajstić information content (AvgIpc) is 3.80. The van der Waals surface area contributed by atoms with Gasteiger partial charge in [-0.3, -0.25) is 43.2 Å². The number of Topliss-reactive ketones (excluding diaryl/α,β-unsaturated/α-hetero) is 2. The molecule has 344 valence electrons. The summed E-state index contributed by atoms with van der Waals surface area (Å²) in [5.74, 6) is -12.3. The Morgan fingerprint density at radius 2 is 1.59 bits per heavy atom. The van der Waals surface area contributed by atoms with Crippen LogP contribution in [-0.4, -0.2) is 152 Å². The van der Waals surface area contributed by atoms with E-state index in [1.165, 1.54) is 19.1 Å². The van der Waals surface area contributed by atoms with E-state index in [1.807, 2.05) is 0 Å². The number of phenolic OH excluding ortho intramolecular Hbond substituents is 1. The first-order valence-corrected chi connectivity index (χ1v) is 21.8. The van der Waals surface area contributed by atoms with E-state index in [0.29, 0.717) is 27.9 Å². The van der Waals surface area contributed by atoms with Crippen LogP contribution in [0.15, 0.2) is 23.2 Å². The third-order valence-electron chi connectivity index (χ3n) is 12.0. The van der Waals surface area contributed by atoms with Gasteiger partial charge in [0.15, 0.2) is 11.6 Å². The molecule has 1 fully saturated rings. The number of phenols is 1. The number of thioether (sulfide) groups is 1. The molecule has 0 radical (unpaired) electrons. The number of H-pyrrole nitrogens is 1. The standard InChI is InChI=1S/C41H56N8O13S/c1-4-18(2)35-39(61)44-13-33(57)45-27-17-63-40-25(24-11-22(51)5-6-26(24)46-40)7-20(37(59)43-14-34(58)47-35)8-30(54)36(19(3)31(55)16-50)48-38(60)28-12-23(52)15-49(28)41(62)21(9-29(27)53)10-32(42)56/h5-6,11,18-21,23,27-28,31,35-36,46,50-52,55H,4,7-10,12-17H2,1-3H3,(H2,42,56)(H,43,59)(H,44,61)(H,45,57)(H,47,58)(H,48,60)/t18-,19-,20?,21-,23?,27?,28-,31-,35-,36-/m0/s1. The van der Waals surface area contributed by atoms with Crippen molar-refractivity contribution in [2.75, 3.05) is 32.0 Å². The summed E-state index contributed by atoms with van der Waals surface area (Å²) in [6.07, 6.45) is -4.96. The van der Waals surface area contributed by atoms with E-state index in [-0.39, 0.29) is 24.3 Å². The van der Waals surface area contributed by atoms with Gasteiger partial charge in [-0.2, -0.15) is 0 Å². The molecule has 0 spiro atoms. The minimum Gasteiger partial charge on any atom is -0.508 e. The van der Waals surface area contributed by atoms with Crippen molar-refractivity contribution < 1.29 is 63.6 Å². The van der Waals surface area contributed by atoms with Crippen LogP contribution >= 0.6 is 11.8 Å². The SMILES string of the molecule is CC[C@H](C)[C@@H]1NC(=O)CNC(=O)C2CC(=O)[C@H]([C@@H](C)[C@@H](O)CO)NC(=O)[C@@H]3CC(O)CN3C(=O)[C@H](CC(N)=O)CC(=O)C(CSc3[nH]c4ccc(O)cc4c3C2)NC(=O)CNC1=O. The number of aliphatic hydroxyl groups is 3. The van der Waals surface area contributed by atoms with E-state index in [4.69, 9.17) is 5.73 Å². The Bertz CT molecular complexity index is 2110. The van der Waals surface area contributed by atoms with E-state index in [9.17, 15) is 63.6 Å². The zero-order valence-electron chi connectivity index (χ0n) is 35.2. The molecule has 1 aromatic heterocycles. The quantitative estimate of drug-likeness (QED) is 0.134. The maximum absolute atomic E-state index is 14.5. The van der Waals surface area contributed by atoms with Gasteiger partial charge >= 0.3 is 0 Å². The van der Waals surface area contributed by atoms with Gasteiger partial charge in [0.05, 0.1) is 54.9 Å². The fourth-order valence-electron chi connectivity index (χ4n) is 8.11. The number of aliphatic hydroxyl groups excluding tert-OH is 3. The molecule has 21 nitrogen and oxygen atoms in total. The number of primary amides is 1. The average molecular weight is 901 g/mol. The first-order chi connectivity index (χ1) is 29.8. The van der Waals surface area contributed by atoms with Crippen LogP contribution in [0.5, 0.6) is 5.75 Å². The highest BCUT2D eigenvalue weighted by atomic mass is 32.2. The van der Waals surface area contributed by atoms with E-state index >= 15 is 0 Å². The second-order valence-electron chi connectivity index (χ2n) is 16.6. The van der Waals surface area contributed by atoms with E-state index in [2.05, 4.69) is 31.6 Å². The highest BCUT2D eigenvalue weighted by molar-refractivity contribution is 7.99. The topological polar surface area (TPSA) is 340 Å². The number of aromatic nitrogens is 1. The maximum atomic E-state index is 14.5. The van der Waals surface area contributed by atoms with Gasteiger partial charge in [-0.25, -0.2) is 0 Å². The number of amides is 7. The van der Waals surface area contributed by atoms with Crippen LogP contribution in [0, 0.1) is 23.7 Å². The molecular formula is C41H56N8O13S. The number of nitrogens with one attached hydrogen (secondary N) is 6. The normalized spacial score (nSPS) is 27.8. The summed E-state index contributed by atoms with van der Waals surface area (Å²) in [5.41, 5.74) is 6.40. The predicted octanol–water partition coefficient (Wildman–Crippen LogP) is -2.75. The summed E-state index contributed by atoms with van der Waals surface area (Å²) in [7, 11) is 0. The largest absolute Gasteiger partial charge is 0.508 e. The fourth-order valence-corrected chi connectivity index (χ4v) is 9.26. The summed E-state index contributed by atoms with van der Waals surface area (Å²) in [6, 6.07) is -1.24. The molecule has 1 saturated heterocycles.